The van der Waals surface area contributed by atoms with E-state index in [4.69, 9.17) is 15.9 Å². The van der Waals surface area contributed by atoms with Crippen LogP contribution in [0.3, 0.4) is 0 Å². The lowest BCUT2D eigenvalue weighted by atomic mass is 10.2. The molecule has 1 aromatic rings. The van der Waals surface area contributed by atoms with Crippen LogP contribution in [0, 0.1) is 11.3 Å². The predicted molar refractivity (Wildman–Crippen MR) is 57.5 cm³/mol. The molecule has 1 rings (SSSR count). The average molecular weight is 352 g/mol. The summed E-state index contributed by atoms with van der Waals surface area (Å²) >= 11 is 0. The Bertz CT molecular complexity index is 683. The van der Waals surface area contributed by atoms with Gasteiger partial charge in [-0.1, -0.05) is 0 Å². The fourth-order valence-electron chi connectivity index (χ4n) is 1.22. The summed E-state index contributed by atoms with van der Waals surface area (Å²) < 4.78 is 90.3. The van der Waals surface area contributed by atoms with Crippen molar-refractivity contribution >= 4 is 19.7 Å². The van der Waals surface area contributed by atoms with Crippen molar-refractivity contribution in [3.05, 3.63) is 17.7 Å². The summed E-state index contributed by atoms with van der Waals surface area (Å²) in [5.41, 5.74) is -0.868. The first kappa shape index (κ1) is 17.3. The molecular weight excluding hydrogens is 349 g/mol. The lowest BCUT2D eigenvalue weighted by Crippen LogP contribution is -2.18. The van der Waals surface area contributed by atoms with Crippen molar-refractivity contribution in [1.29, 1.82) is 5.26 Å². The molecular formula is C9H3ClF5NO4S. The molecule has 0 radical (unpaired) electrons. The van der Waals surface area contributed by atoms with Gasteiger partial charge < -0.3 is 9.47 Å². The Labute approximate surface area is 118 Å². The molecule has 0 bridgehead atoms. The lowest BCUT2D eigenvalue weighted by molar-refractivity contribution is -0.274. The minimum Gasteiger partial charge on any atom is -0.433 e. The van der Waals surface area contributed by atoms with E-state index in [9.17, 15) is 30.4 Å². The molecule has 5 nitrogen and oxygen atoms in total. The Morgan fingerprint density at radius 3 is 2.19 bits per heavy atom. The quantitative estimate of drug-likeness (QED) is 0.615. The van der Waals surface area contributed by atoms with E-state index in [0.29, 0.717) is 6.07 Å². The molecule has 0 atom stereocenters. The van der Waals surface area contributed by atoms with Gasteiger partial charge in [-0.05, 0) is 0 Å². The second-order valence-electron chi connectivity index (χ2n) is 3.27. The number of hydrogen-bond acceptors (Lipinski definition) is 5. The van der Waals surface area contributed by atoms with Gasteiger partial charge in [-0.25, -0.2) is 8.42 Å². The highest BCUT2D eigenvalue weighted by molar-refractivity contribution is 8.13. The van der Waals surface area contributed by atoms with Gasteiger partial charge in [-0.15, -0.1) is 13.2 Å². The fourth-order valence-corrected chi connectivity index (χ4v) is 2.17. The molecule has 0 fully saturated rings. The van der Waals surface area contributed by atoms with Gasteiger partial charge in [-0.3, -0.25) is 0 Å². The van der Waals surface area contributed by atoms with Crippen molar-refractivity contribution in [2.24, 2.45) is 0 Å². The van der Waals surface area contributed by atoms with Crippen LogP contribution in [0.2, 0.25) is 0 Å². The highest BCUT2D eigenvalue weighted by atomic mass is 35.7. The summed E-state index contributed by atoms with van der Waals surface area (Å²) in [4.78, 5) is -1.19. The zero-order valence-corrected chi connectivity index (χ0v) is 11.1. The number of nitriles is 1. The molecule has 0 aliphatic heterocycles. The molecule has 0 heterocycles. The minimum absolute atomic E-state index is 0.173. The van der Waals surface area contributed by atoms with Crippen molar-refractivity contribution in [3.63, 3.8) is 0 Å². The molecule has 0 spiro atoms. The van der Waals surface area contributed by atoms with Crippen molar-refractivity contribution in [2.45, 2.75) is 17.9 Å². The van der Waals surface area contributed by atoms with E-state index >= 15 is 0 Å². The normalized spacial score (nSPS) is 12.1. The molecule has 0 amide bonds. The number of nitrogens with zero attached hydrogens (tertiary/aromatic N) is 1. The Balaban J connectivity index is 3.53. The Morgan fingerprint density at radius 2 is 1.81 bits per heavy atom. The van der Waals surface area contributed by atoms with Crippen molar-refractivity contribution in [2.75, 3.05) is 0 Å². The van der Waals surface area contributed by atoms with Crippen molar-refractivity contribution < 1.29 is 39.8 Å². The number of hydrogen-bond donors (Lipinski definition) is 0. The largest absolute Gasteiger partial charge is 0.573 e. The third-order valence-corrected chi connectivity index (χ3v) is 3.21. The Morgan fingerprint density at radius 1 is 1.24 bits per heavy atom. The van der Waals surface area contributed by atoms with Crippen LogP contribution in [0.25, 0.3) is 0 Å². The monoisotopic (exact) mass is 351 g/mol. The van der Waals surface area contributed by atoms with E-state index in [1.165, 1.54) is 6.07 Å². The molecule has 0 aliphatic carbocycles. The summed E-state index contributed by atoms with van der Waals surface area (Å²) in [7, 11) is 0.188. The second-order valence-corrected chi connectivity index (χ2v) is 5.81. The second kappa shape index (κ2) is 5.90. The summed E-state index contributed by atoms with van der Waals surface area (Å²) in [5, 5.41) is 8.64. The topological polar surface area (TPSA) is 76.4 Å². The molecule has 1 aromatic carbocycles. The third kappa shape index (κ3) is 4.91. The van der Waals surface area contributed by atoms with Crippen LogP contribution in [0.1, 0.15) is 5.56 Å². The molecule has 0 saturated carbocycles. The van der Waals surface area contributed by atoms with Crippen LogP contribution >= 0.6 is 10.7 Å². The summed E-state index contributed by atoms with van der Waals surface area (Å²) in [6.07, 6.45) is -5.23. The van der Waals surface area contributed by atoms with E-state index in [-0.39, 0.29) is 6.07 Å². The Hall–Kier alpha value is -1.80. The van der Waals surface area contributed by atoms with Gasteiger partial charge in [0, 0.05) is 22.8 Å². The smallest absolute Gasteiger partial charge is 0.433 e. The zero-order valence-electron chi connectivity index (χ0n) is 9.49. The molecule has 0 unspecified atom stereocenters. The van der Waals surface area contributed by atoms with Crippen LogP contribution in [0.15, 0.2) is 17.0 Å². The molecule has 0 aromatic heterocycles. The van der Waals surface area contributed by atoms with E-state index in [1.807, 2.05) is 0 Å². The highest BCUT2D eigenvalue weighted by Crippen LogP contribution is 2.36. The van der Waals surface area contributed by atoms with E-state index in [2.05, 4.69) is 9.47 Å². The van der Waals surface area contributed by atoms with E-state index < -0.39 is 44.0 Å². The van der Waals surface area contributed by atoms with Gasteiger partial charge in [0.05, 0.1) is 5.56 Å². The number of benzene rings is 1. The molecule has 0 N–H and O–H groups in total. The minimum atomic E-state index is -5.23. The number of halogens is 6. The first-order valence-electron chi connectivity index (χ1n) is 4.67. The van der Waals surface area contributed by atoms with Crippen molar-refractivity contribution in [3.8, 4) is 17.6 Å². The summed E-state index contributed by atoms with van der Waals surface area (Å²) in [6.45, 7) is -3.48. The Kier molecular flexibility index (Phi) is 4.85. The maximum atomic E-state index is 12.1. The van der Waals surface area contributed by atoms with Gasteiger partial charge in [0.25, 0.3) is 9.05 Å². The molecule has 12 heteroatoms. The van der Waals surface area contributed by atoms with E-state index in [0.717, 1.165) is 0 Å². The summed E-state index contributed by atoms with van der Waals surface area (Å²) in [6, 6.07) is 1.75. The summed E-state index contributed by atoms with van der Waals surface area (Å²) in [5.74, 6) is -2.29. The van der Waals surface area contributed by atoms with Crippen LogP contribution < -0.4 is 9.47 Å². The highest BCUT2D eigenvalue weighted by Gasteiger charge is 2.34. The van der Waals surface area contributed by atoms with Crippen LogP contribution in [-0.2, 0) is 9.05 Å². The van der Waals surface area contributed by atoms with Gasteiger partial charge in [-0.2, -0.15) is 14.0 Å². The van der Waals surface area contributed by atoms with Crippen LogP contribution in [0.4, 0.5) is 22.0 Å². The molecule has 21 heavy (non-hydrogen) atoms. The maximum absolute atomic E-state index is 12.1. The maximum Gasteiger partial charge on any atom is 0.573 e. The van der Waals surface area contributed by atoms with Gasteiger partial charge in [0.15, 0.2) is 0 Å². The average Bonchev–Trinajstić information content (AvgIpc) is 2.26. The molecule has 116 valence electrons. The number of rotatable bonds is 4. The van der Waals surface area contributed by atoms with Gasteiger partial charge >= 0.3 is 13.0 Å². The van der Waals surface area contributed by atoms with Gasteiger partial charge in [0.2, 0.25) is 0 Å². The van der Waals surface area contributed by atoms with E-state index in [1.54, 1.807) is 0 Å². The zero-order chi connectivity index (χ0) is 16.4. The lowest BCUT2D eigenvalue weighted by Gasteiger charge is -2.14. The molecule has 0 aliphatic rings. The first-order valence-corrected chi connectivity index (χ1v) is 6.98. The van der Waals surface area contributed by atoms with Crippen LogP contribution in [0.5, 0.6) is 11.5 Å². The van der Waals surface area contributed by atoms with Crippen molar-refractivity contribution in [1.82, 2.24) is 0 Å². The number of alkyl halides is 5. The first-order chi connectivity index (χ1) is 9.44. The SMILES string of the molecule is N#Cc1cc(OC(F)F)c(S(=O)(=O)Cl)cc1OC(F)(F)F. The predicted octanol–water partition coefficient (Wildman–Crippen LogP) is 2.99. The standard InChI is InChI=1S/C9H3ClF5NO4S/c10-21(17,18)7-2-5(20-9(13,14)15)4(3-16)1-6(7)19-8(11)12/h1-2,8H. The molecule has 0 saturated heterocycles. The van der Waals surface area contributed by atoms with Gasteiger partial charge in [0.1, 0.15) is 22.5 Å². The third-order valence-electron chi connectivity index (χ3n) is 1.87. The fraction of sp³-hybridized carbons (Fsp3) is 0.222. The number of ether oxygens (including phenoxy) is 2. The van der Waals surface area contributed by atoms with Crippen LogP contribution in [-0.4, -0.2) is 21.4 Å².